The molecule has 0 unspecified atom stereocenters. The van der Waals surface area contributed by atoms with Crippen molar-refractivity contribution in [3.05, 3.63) is 0 Å². The van der Waals surface area contributed by atoms with Gasteiger partial charge >= 0.3 is 17.9 Å². The molecule has 3 N–H and O–H groups in total. The fraction of sp³-hybridized carbons (Fsp3) is 0.750. The summed E-state index contributed by atoms with van der Waals surface area (Å²) in [7, 11) is 0. The monoisotopic (exact) mass is 276 g/mol. The Morgan fingerprint density at radius 2 is 1.53 bits per heavy atom. The molecular formula is C12H20O7. The summed E-state index contributed by atoms with van der Waals surface area (Å²) in [6, 6.07) is 0. The van der Waals surface area contributed by atoms with Crippen LogP contribution in [0.5, 0.6) is 0 Å². The molecule has 0 rings (SSSR count). The minimum absolute atomic E-state index is 0.0189. The molecule has 0 aromatic heterocycles. The molecule has 0 amide bonds. The molecule has 110 valence electrons. The van der Waals surface area contributed by atoms with E-state index < -0.39 is 36.4 Å². The van der Waals surface area contributed by atoms with Crippen LogP contribution in [0.2, 0.25) is 0 Å². The molecular weight excluding hydrogens is 256 g/mol. The van der Waals surface area contributed by atoms with Gasteiger partial charge in [-0.3, -0.25) is 9.59 Å². The molecule has 0 atom stereocenters. The van der Waals surface area contributed by atoms with Gasteiger partial charge in [0.05, 0.1) is 12.8 Å². The van der Waals surface area contributed by atoms with Crippen LogP contribution in [0, 0.1) is 5.92 Å². The number of hydrogen-bond donors (Lipinski definition) is 3. The lowest BCUT2D eigenvalue weighted by atomic mass is 9.95. The molecule has 0 aliphatic carbocycles. The van der Waals surface area contributed by atoms with E-state index in [1.807, 2.05) is 13.8 Å². The van der Waals surface area contributed by atoms with Gasteiger partial charge in [-0.25, -0.2) is 4.79 Å². The van der Waals surface area contributed by atoms with Gasteiger partial charge in [0, 0.05) is 6.61 Å². The normalized spacial score (nSPS) is 11.5. The second-order valence-corrected chi connectivity index (χ2v) is 4.83. The van der Waals surface area contributed by atoms with Crippen LogP contribution in [-0.4, -0.2) is 45.4 Å². The first kappa shape index (κ1) is 17.4. The molecule has 0 aliphatic rings. The summed E-state index contributed by atoms with van der Waals surface area (Å²) in [6.07, 6.45) is -0.422. The Labute approximate surface area is 111 Å². The summed E-state index contributed by atoms with van der Waals surface area (Å²) in [5.74, 6) is -3.98. The lowest BCUT2D eigenvalue weighted by Gasteiger charge is -2.26. The van der Waals surface area contributed by atoms with Crippen molar-refractivity contribution >= 4 is 17.9 Å². The highest BCUT2D eigenvalue weighted by molar-refractivity contribution is 5.88. The number of carboxylic acids is 3. The van der Waals surface area contributed by atoms with Gasteiger partial charge in [0.2, 0.25) is 0 Å². The van der Waals surface area contributed by atoms with Gasteiger partial charge in [-0.05, 0) is 18.8 Å². The molecule has 0 heterocycles. The average molecular weight is 276 g/mol. The van der Waals surface area contributed by atoms with Gasteiger partial charge in [-0.15, -0.1) is 0 Å². The van der Waals surface area contributed by atoms with Crippen molar-refractivity contribution < 1.29 is 34.4 Å². The first-order chi connectivity index (χ1) is 8.69. The van der Waals surface area contributed by atoms with E-state index in [-0.39, 0.29) is 6.61 Å². The van der Waals surface area contributed by atoms with Crippen molar-refractivity contribution in [2.24, 2.45) is 5.92 Å². The highest BCUT2D eigenvalue weighted by Crippen LogP contribution is 2.23. The van der Waals surface area contributed by atoms with Crippen LogP contribution in [0.1, 0.15) is 39.5 Å². The van der Waals surface area contributed by atoms with Crippen molar-refractivity contribution in [1.82, 2.24) is 0 Å². The molecule has 0 aliphatic heterocycles. The van der Waals surface area contributed by atoms with E-state index in [9.17, 15) is 14.4 Å². The largest absolute Gasteiger partial charge is 0.481 e. The summed E-state index contributed by atoms with van der Waals surface area (Å²) < 4.78 is 5.10. The number of aliphatic carboxylic acids is 3. The molecule has 0 radical (unpaired) electrons. The van der Waals surface area contributed by atoms with E-state index in [4.69, 9.17) is 20.1 Å². The second-order valence-electron chi connectivity index (χ2n) is 4.83. The van der Waals surface area contributed by atoms with Gasteiger partial charge in [-0.1, -0.05) is 13.8 Å². The zero-order valence-corrected chi connectivity index (χ0v) is 11.1. The topological polar surface area (TPSA) is 121 Å². The van der Waals surface area contributed by atoms with E-state index >= 15 is 0 Å². The van der Waals surface area contributed by atoms with E-state index in [2.05, 4.69) is 0 Å². The number of hydrogen-bond acceptors (Lipinski definition) is 4. The predicted octanol–water partition coefficient (Wildman–Crippen LogP) is 1.21. The molecule has 7 heteroatoms. The van der Waals surface area contributed by atoms with Crippen LogP contribution < -0.4 is 0 Å². The number of carboxylic acid groups (broad SMARTS) is 3. The van der Waals surface area contributed by atoms with Crippen molar-refractivity contribution in [1.29, 1.82) is 0 Å². The molecule has 19 heavy (non-hydrogen) atoms. The molecule has 0 saturated carbocycles. The molecule has 7 nitrogen and oxygen atoms in total. The van der Waals surface area contributed by atoms with Crippen LogP contribution in [0.4, 0.5) is 0 Å². The molecule has 0 aromatic carbocycles. The maximum atomic E-state index is 11.2. The predicted molar refractivity (Wildman–Crippen MR) is 64.9 cm³/mol. The maximum Gasteiger partial charge on any atom is 0.337 e. The Morgan fingerprint density at radius 3 is 1.84 bits per heavy atom. The summed E-state index contributed by atoms with van der Waals surface area (Å²) in [5.41, 5.74) is -2.20. The summed E-state index contributed by atoms with van der Waals surface area (Å²) in [4.78, 5) is 32.6. The average Bonchev–Trinajstić information content (AvgIpc) is 2.21. The minimum atomic E-state index is -2.20. The first-order valence-electron chi connectivity index (χ1n) is 6.00. The smallest absolute Gasteiger partial charge is 0.337 e. The lowest BCUT2D eigenvalue weighted by Crippen LogP contribution is -2.45. The van der Waals surface area contributed by atoms with E-state index in [1.165, 1.54) is 0 Å². The van der Waals surface area contributed by atoms with Gasteiger partial charge < -0.3 is 20.1 Å². The lowest BCUT2D eigenvalue weighted by molar-refractivity contribution is -0.178. The molecule has 0 spiro atoms. The van der Waals surface area contributed by atoms with Gasteiger partial charge in [0.1, 0.15) is 0 Å². The quantitative estimate of drug-likeness (QED) is 0.513. The number of rotatable bonds is 10. The molecule has 0 saturated heterocycles. The Balaban J connectivity index is 4.75. The Bertz CT molecular complexity index is 319. The summed E-state index contributed by atoms with van der Waals surface area (Å²) in [6.45, 7) is 3.99. The zero-order chi connectivity index (χ0) is 15.1. The van der Waals surface area contributed by atoms with E-state index in [0.717, 1.165) is 6.42 Å². The fourth-order valence-electron chi connectivity index (χ4n) is 1.63. The highest BCUT2D eigenvalue weighted by atomic mass is 16.5. The van der Waals surface area contributed by atoms with Crippen molar-refractivity contribution in [2.45, 2.75) is 45.1 Å². The van der Waals surface area contributed by atoms with Crippen molar-refractivity contribution in [3.63, 3.8) is 0 Å². The first-order valence-corrected chi connectivity index (χ1v) is 6.00. The van der Waals surface area contributed by atoms with Gasteiger partial charge in [0.25, 0.3) is 0 Å². The number of ether oxygens (including phenoxy) is 1. The van der Waals surface area contributed by atoms with Crippen LogP contribution in [-0.2, 0) is 19.1 Å². The molecule has 0 fully saturated rings. The Hall–Kier alpha value is -1.63. The third-order valence-corrected chi connectivity index (χ3v) is 2.57. The highest BCUT2D eigenvalue weighted by Gasteiger charge is 2.44. The maximum absolute atomic E-state index is 11.2. The van der Waals surface area contributed by atoms with E-state index in [0.29, 0.717) is 12.3 Å². The van der Waals surface area contributed by atoms with Crippen LogP contribution in [0.3, 0.4) is 0 Å². The SMILES string of the molecule is CC(C)CCCOC(CC(=O)O)(CC(=O)O)C(=O)O. The van der Waals surface area contributed by atoms with Crippen LogP contribution in [0.15, 0.2) is 0 Å². The van der Waals surface area contributed by atoms with Crippen LogP contribution in [0.25, 0.3) is 0 Å². The van der Waals surface area contributed by atoms with Crippen molar-refractivity contribution in [2.75, 3.05) is 6.61 Å². The van der Waals surface area contributed by atoms with Crippen LogP contribution >= 0.6 is 0 Å². The van der Waals surface area contributed by atoms with Gasteiger partial charge in [-0.2, -0.15) is 0 Å². The Kier molecular flexibility index (Phi) is 7.06. The summed E-state index contributed by atoms with van der Waals surface area (Å²) >= 11 is 0. The standard InChI is InChI=1S/C12H20O7/c1-8(2)4-3-5-19-12(11(17)18,6-9(13)14)7-10(15)16/h8H,3-7H2,1-2H3,(H,13,14)(H,15,16)(H,17,18). The molecule has 0 aromatic rings. The third kappa shape index (κ3) is 6.76. The van der Waals surface area contributed by atoms with Crippen molar-refractivity contribution in [3.8, 4) is 0 Å². The van der Waals surface area contributed by atoms with Gasteiger partial charge in [0.15, 0.2) is 5.60 Å². The Morgan fingerprint density at radius 1 is 1.05 bits per heavy atom. The minimum Gasteiger partial charge on any atom is -0.481 e. The molecule has 0 bridgehead atoms. The summed E-state index contributed by atoms with van der Waals surface area (Å²) in [5, 5.41) is 26.5. The second kappa shape index (κ2) is 7.73. The van der Waals surface area contributed by atoms with E-state index in [1.54, 1.807) is 0 Å². The zero-order valence-electron chi connectivity index (χ0n) is 11.1. The third-order valence-electron chi connectivity index (χ3n) is 2.57. The number of carbonyl (C=O) groups is 3. The fourth-order valence-corrected chi connectivity index (χ4v) is 1.63.